The Morgan fingerprint density at radius 2 is 1.37 bits per heavy atom. The molecule has 0 aromatic heterocycles. The molecule has 19 heavy (non-hydrogen) atoms. The number of nitrogens with one attached hydrogen (secondary N) is 4. The van der Waals surface area contributed by atoms with E-state index in [1.54, 1.807) is 0 Å². The molecule has 0 fully saturated rings. The predicted molar refractivity (Wildman–Crippen MR) is 66.6 cm³/mol. The average Bonchev–Trinajstić information content (AvgIpc) is 2.39. The zero-order valence-corrected chi connectivity index (χ0v) is 11.1. The van der Waals surface area contributed by atoms with Crippen molar-refractivity contribution in [3.05, 3.63) is 0 Å². The molecule has 9 heteroatoms. The van der Waals surface area contributed by atoms with Crippen LogP contribution >= 0.6 is 0 Å². The maximum absolute atomic E-state index is 10.5. The Labute approximate surface area is 112 Å². The lowest BCUT2D eigenvalue weighted by molar-refractivity contribution is -0.120. The fraction of sp³-hybridized carbons (Fsp3) is 0.800. The van der Waals surface area contributed by atoms with E-state index < -0.39 is 0 Å². The maximum Gasteiger partial charge on any atom is 0.218 e. The first kappa shape index (κ1) is 17.9. The molecule has 0 aliphatic carbocycles. The van der Waals surface area contributed by atoms with E-state index in [0.29, 0.717) is 26.9 Å². The molecule has 0 bridgehead atoms. The van der Waals surface area contributed by atoms with Gasteiger partial charge in [0, 0.05) is 6.92 Å². The molecule has 112 valence electrons. The van der Waals surface area contributed by atoms with Crippen molar-refractivity contribution in [2.24, 2.45) is 0 Å². The second-order valence-corrected chi connectivity index (χ2v) is 3.33. The molecule has 0 rings (SSSR count). The SMILES string of the molecule is CC(=O)NCOCNCOCNCOCNCC=O. The van der Waals surface area contributed by atoms with Crippen LogP contribution in [0.15, 0.2) is 0 Å². The van der Waals surface area contributed by atoms with E-state index >= 15 is 0 Å². The molecule has 0 aliphatic rings. The molecule has 1 amide bonds. The van der Waals surface area contributed by atoms with E-state index in [4.69, 9.17) is 14.2 Å². The minimum atomic E-state index is -0.136. The molecule has 0 saturated carbocycles. The fourth-order valence-corrected chi connectivity index (χ4v) is 0.868. The van der Waals surface area contributed by atoms with Gasteiger partial charge in [-0.25, -0.2) is 0 Å². The highest BCUT2D eigenvalue weighted by Gasteiger charge is 1.91. The van der Waals surface area contributed by atoms with Gasteiger partial charge in [0.2, 0.25) is 5.91 Å². The van der Waals surface area contributed by atoms with Crippen LogP contribution < -0.4 is 21.3 Å². The summed E-state index contributed by atoms with van der Waals surface area (Å²) in [5.74, 6) is -0.136. The normalized spacial score (nSPS) is 10.4. The number of aldehydes is 1. The van der Waals surface area contributed by atoms with Crippen LogP contribution in [-0.4, -0.2) is 59.1 Å². The van der Waals surface area contributed by atoms with Crippen LogP contribution in [0.2, 0.25) is 0 Å². The molecule has 0 saturated heterocycles. The first-order valence-corrected chi connectivity index (χ1v) is 5.80. The maximum atomic E-state index is 10.5. The summed E-state index contributed by atoms with van der Waals surface area (Å²) in [5, 5.41) is 10.9. The van der Waals surface area contributed by atoms with Crippen LogP contribution in [0.5, 0.6) is 0 Å². The third kappa shape index (κ3) is 16.9. The molecule has 0 atom stereocenters. The third-order valence-electron chi connectivity index (χ3n) is 1.67. The molecule has 0 spiro atoms. The molecule has 0 aromatic rings. The highest BCUT2D eigenvalue weighted by molar-refractivity contribution is 5.72. The van der Waals surface area contributed by atoms with Crippen molar-refractivity contribution < 1.29 is 23.8 Å². The van der Waals surface area contributed by atoms with Crippen molar-refractivity contribution >= 4 is 12.2 Å². The zero-order chi connectivity index (χ0) is 14.2. The first-order chi connectivity index (χ1) is 9.27. The molecule has 0 radical (unpaired) electrons. The van der Waals surface area contributed by atoms with Gasteiger partial charge in [-0.3, -0.25) is 20.7 Å². The second kappa shape index (κ2) is 15.0. The number of carbonyl (C=O) groups is 2. The summed E-state index contributed by atoms with van der Waals surface area (Å²) in [5.41, 5.74) is 0. The molecule has 0 aromatic carbocycles. The van der Waals surface area contributed by atoms with Gasteiger partial charge in [0.1, 0.15) is 33.2 Å². The van der Waals surface area contributed by atoms with E-state index in [1.807, 2.05) is 0 Å². The largest absolute Gasteiger partial charge is 0.351 e. The van der Waals surface area contributed by atoms with Gasteiger partial charge in [0.25, 0.3) is 0 Å². The molecule has 9 nitrogen and oxygen atoms in total. The number of amides is 1. The fourth-order valence-electron chi connectivity index (χ4n) is 0.868. The smallest absolute Gasteiger partial charge is 0.218 e. The van der Waals surface area contributed by atoms with E-state index in [0.717, 1.165) is 6.29 Å². The standard InChI is InChI=1S/C10H22N4O5/c1-10(16)14-9-19-8-13-7-18-6-12-5-17-4-11-2-3-15/h3,11-13H,2,4-9H2,1H3,(H,14,16). The minimum Gasteiger partial charge on any atom is -0.351 e. The Bertz CT molecular complexity index is 230. The van der Waals surface area contributed by atoms with Crippen molar-refractivity contribution in [2.45, 2.75) is 6.92 Å². The summed E-state index contributed by atoms with van der Waals surface area (Å²) < 4.78 is 15.2. The first-order valence-electron chi connectivity index (χ1n) is 5.80. The molecule has 4 N–H and O–H groups in total. The van der Waals surface area contributed by atoms with E-state index in [-0.39, 0.29) is 25.9 Å². The highest BCUT2D eigenvalue weighted by atomic mass is 16.5. The van der Waals surface area contributed by atoms with E-state index in [2.05, 4.69) is 21.3 Å². The number of carbonyl (C=O) groups excluding carboxylic acids is 2. The molecular formula is C10H22N4O5. The summed E-state index contributed by atoms with van der Waals surface area (Å²) in [6, 6.07) is 0. The Hall–Kier alpha value is -1.10. The van der Waals surface area contributed by atoms with Crippen molar-refractivity contribution in [3.63, 3.8) is 0 Å². The second-order valence-electron chi connectivity index (χ2n) is 3.33. The van der Waals surface area contributed by atoms with Crippen molar-refractivity contribution in [1.82, 2.24) is 21.3 Å². The van der Waals surface area contributed by atoms with Crippen molar-refractivity contribution in [2.75, 3.05) is 46.9 Å². The molecule has 0 unspecified atom stereocenters. The Kier molecular flexibility index (Phi) is 14.1. The number of rotatable bonds is 14. The predicted octanol–water partition coefficient (Wildman–Crippen LogP) is -2.11. The topological polar surface area (TPSA) is 110 Å². The van der Waals surface area contributed by atoms with Gasteiger partial charge in [-0.05, 0) is 0 Å². The van der Waals surface area contributed by atoms with Gasteiger partial charge in [-0.15, -0.1) is 0 Å². The minimum absolute atomic E-state index is 0.136. The average molecular weight is 278 g/mol. The quantitative estimate of drug-likeness (QED) is 0.162. The molecular weight excluding hydrogens is 256 g/mol. The van der Waals surface area contributed by atoms with Crippen LogP contribution in [0.25, 0.3) is 0 Å². The van der Waals surface area contributed by atoms with Gasteiger partial charge in [0.15, 0.2) is 0 Å². The zero-order valence-electron chi connectivity index (χ0n) is 11.1. The third-order valence-corrected chi connectivity index (χ3v) is 1.67. The molecule has 0 aliphatic heterocycles. The van der Waals surface area contributed by atoms with Gasteiger partial charge in [-0.1, -0.05) is 0 Å². The summed E-state index contributed by atoms with van der Waals surface area (Å²) in [6.45, 7) is 3.42. The van der Waals surface area contributed by atoms with Crippen LogP contribution in [0, 0.1) is 0 Å². The Balaban J connectivity index is 2.95. The summed E-state index contributed by atoms with van der Waals surface area (Å²) in [6.07, 6.45) is 0.763. The Morgan fingerprint density at radius 3 is 1.84 bits per heavy atom. The van der Waals surface area contributed by atoms with Gasteiger partial charge in [-0.2, -0.15) is 0 Å². The van der Waals surface area contributed by atoms with Gasteiger partial charge >= 0.3 is 0 Å². The van der Waals surface area contributed by atoms with Gasteiger partial charge in [0.05, 0.1) is 20.0 Å². The van der Waals surface area contributed by atoms with Crippen LogP contribution in [-0.2, 0) is 23.8 Å². The van der Waals surface area contributed by atoms with Crippen molar-refractivity contribution in [1.29, 1.82) is 0 Å². The lowest BCUT2D eigenvalue weighted by Crippen LogP contribution is -2.31. The van der Waals surface area contributed by atoms with E-state index in [9.17, 15) is 9.59 Å². The summed E-state index contributed by atoms with van der Waals surface area (Å²) in [7, 11) is 0. The lowest BCUT2D eigenvalue weighted by atomic mass is 10.7. The number of hydrogen-bond donors (Lipinski definition) is 4. The van der Waals surface area contributed by atoms with Crippen LogP contribution in [0.3, 0.4) is 0 Å². The van der Waals surface area contributed by atoms with Gasteiger partial charge < -0.3 is 24.3 Å². The van der Waals surface area contributed by atoms with Crippen LogP contribution in [0.1, 0.15) is 6.92 Å². The monoisotopic (exact) mass is 278 g/mol. The summed E-state index contributed by atoms with van der Waals surface area (Å²) >= 11 is 0. The van der Waals surface area contributed by atoms with Crippen LogP contribution in [0.4, 0.5) is 0 Å². The number of ether oxygens (including phenoxy) is 3. The van der Waals surface area contributed by atoms with E-state index in [1.165, 1.54) is 6.92 Å². The van der Waals surface area contributed by atoms with Crippen molar-refractivity contribution in [3.8, 4) is 0 Å². The number of hydrogen-bond acceptors (Lipinski definition) is 8. The summed E-state index contributed by atoms with van der Waals surface area (Å²) in [4.78, 5) is 20.4. The molecule has 0 heterocycles. The lowest BCUT2D eigenvalue weighted by Gasteiger charge is -2.09. The highest BCUT2D eigenvalue weighted by Crippen LogP contribution is 1.72. The Morgan fingerprint density at radius 1 is 0.895 bits per heavy atom.